The van der Waals surface area contributed by atoms with E-state index in [4.69, 9.17) is 37.4 Å². The second-order valence-corrected chi connectivity index (χ2v) is 17.9. The summed E-state index contributed by atoms with van der Waals surface area (Å²) >= 11 is -0.472. The second kappa shape index (κ2) is 19.2. The molecule has 0 aromatic heterocycles. The number of cyclic esters (lactones) is 1. The maximum atomic E-state index is 13.1. The van der Waals surface area contributed by atoms with E-state index in [0.29, 0.717) is 0 Å². The van der Waals surface area contributed by atoms with E-state index in [0.717, 1.165) is 26.8 Å². The van der Waals surface area contributed by atoms with Crippen molar-refractivity contribution in [1.29, 1.82) is 0 Å². The molecule has 0 saturated heterocycles. The van der Waals surface area contributed by atoms with Crippen molar-refractivity contribution in [2.24, 2.45) is 0 Å². The van der Waals surface area contributed by atoms with Gasteiger partial charge in [0.05, 0.1) is 0 Å². The van der Waals surface area contributed by atoms with Crippen molar-refractivity contribution >= 4 is 62.3 Å². The number of hydrogen-bond donors (Lipinski definition) is 1. The average molecular weight is 903 g/mol. The van der Waals surface area contributed by atoms with Crippen LogP contribution in [0.15, 0.2) is 163 Å². The Labute approximate surface area is 299 Å². The molecule has 1 aliphatic heterocycles. The van der Waals surface area contributed by atoms with Crippen molar-refractivity contribution < 1.29 is 44.9 Å². The van der Waals surface area contributed by atoms with Crippen LogP contribution < -0.4 is 21.2 Å². The SMILES string of the molecule is O=C1O[C@H]([C@H](CO[PH+](c2ccccc2)c2ccccc2)O[PH+](c2ccccc2)c2ccccc2)C(O)=C1OCc1ccccc1.[Cl][Pt][Cl]. The molecule has 0 unspecified atom stereocenters. The Balaban J connectivity index is 0.00000145. The van der Waals surface area contributed by atoms with Gasteiger partial charge in [-0.05, 0) is 54.1 Å². The third kappa shape index (κ3) is 10.0. The van der Waals surface area contributed by atoms with Crippen LogP contribution in [0.25, 0.3) is 0 Å². The molecule has 0 spiro atoms. The van der Waals surface area contributed by atoms with Gasteiger partial charge >= 0.3 is 41.3 Å². The fourth-order valence-corrected chi connectivity index (χ4v) is 9.15. The minimum atomic E-state index is -1.86. The number of esters is 1. The first-order valence-corrected chi connectivity index (χ1v) is 23.4. The summed E-state index contributed by atoms with van der Waals surface area (Å²) in [7, 11) is 6.18. The van der Waals surface area contributed by atoms with Crippen LogP contribution in [0.3, 0.4) is 0 Å². The molecule has 250 valence electrons. The molecule has 0 saturated carbocycles. The van der Waals surface area contributed by atoms with Crippen LogP contribution in [-0.4, -0.2) is 29.9 Å². The van der Waals surface area contributed by atoms with Crippen molar-refractivity contribution in [3.63, 3.8) is 0 Å². The zero-order valence-corrected chi connectivity index (χ0v) is 31.3. The standard InChI is InChI=1S/C37H32O6P2.2ClH.Pt/c38-34-35(42-37(39)36(34)40-26-28-16-6-1-7-17-28)33(43-45(31-22-12-4-13-23-31)32-24-14-5-15-25-32)27-41-44(29-18-8-2-9-19-29)30-20-10-3-11-21-30;;;/h1-25,33,35,38H,26-27H2;2*1H;/q;;;+2/t33-,35+;;;/m0.../s1. The van der Waals surface area contributed by atoms with Gasteiger partial charge in [0.15, 0.2) is 34.3 Å². The van der Waals surface area contributed by atoms with Gasteiger partial charge < -0.3 is 14.6 Å². The molecule has 1 aliphatic rings. The Morgan fingerprint density at radius 1 is 0.667 bits per heavy atom. The normalized spacial score (nSPS) is 14.8. The van der Waals surface area contributed by atoms with Gasteiger partial charge in [0.2, 0.25) is 5.76 Å². The summed E-state index contributed by atoms with van der Waals surface area (Å²) in [5.74, 6) is -1.23. The van der Waals surface area contributed by atoms with Crippen molar-refractivity contribution in [3.05, 3.63) is 169 Å². The number of rotatable bonds is 13. The summed E-state index contributed by atoms with van der Waals surface area (Å²) in [5.41, 5.74) is 0.863. The zero-order valence-electron chi connectivity index (χ0n) is 25.6. The molecular weight excluding hydrogens is 868 g/mol. The molecule has 5 aromatic carbocycles. The molecule has 1 heterocycles. The molecule has 0 radical (unpaired) electrons. The van der Waals surface area contributed by atoms with E-state index < -0.39 is 51.0 Å². The number of aliphatic hydroxyl groups is 1. The quantitative estimate of drug-likeness (QED) is 0.0994. The molecule has 0 aliphatic carbocycles. The molecule has 2 atom stereocenters. The van der Waals surface area contributed by atoms with Gasteiger partial charge in [-0.2, -0.15) is 0 Å². The van der Waals surface area contributed by atoms with Crippen molar-refractivity contribution in [2.75, 3.05) is 6.61 Å². The van der Waals surface area contributed by atoms with Crippen molar-refractivity contribution in [2.45, 2.75) is 18.8 Å². The summed E-state index contributed by atoms with van der Waals surface area (Å²) in [6.45, 7) is 0.183. The van der Waals surface area contributed by atoms with E-state index >= 15 is 0 Å². The molecular formula is C37H34Cl2O6P2Pt+2. The van der Waals surface area contributed by atoms with Crippen LogP contribution in [0.4, 0.5) is 0 Å². The van der Waals surface area contributed by atoms with Crippen LogP contribution in [0.5, 0.6) is 0 Å². The molecule has 0 bridgehead atoms. The first-order chi connectivity index (χ1) is 23.6. The van der Waals surface area contributed by atoms with E-state index in [1.807, 2.05) is 127 Å². The van der Waals surface area contributed by atoms with E-state index in [1.54, 1.807) is 0 Å². The molecule has 11 heteroatoms. The Bertz CT molecular complexity index is 1640. The number of hydrogen-bond acceptors (Lipinski definition) is 6. The van der Waals surface area contributed by atoms with Gasteiger partial charge in [0, 0.05) is 0 Å². The molecule has 48 heavy (non-hydrogen) atoms. The van der Waals surface area contributed by atoms with Gasteiger partial charge in [0.25, 0.3) is 0 Å². The zero-order chi connectivity index (χ0) is 33.6. The molecule has 0 fully saturated rings. The number of benzene rings is 5. The van der Waals surface area contributed by atoms with Crippen molar-refractivity contribution in [1.82, 2.24) is 0 Å². The summed E-state index contributed by atoms with van der Waals surface area (Å²) in [6.07, 6.45) is -1.93. The van der Waals surface area contributed by atoms with Crippen LogP contribution in [0.1, 0.15) is 5.56 Å². The van der Waals surface area contributed by atoms with E-state index in [1.165, 1.54) is 0 Å². The first kappa shape index (κ1) is 36.2. The van der Waals surface area contributed by atoms with Gasteiger partial charge in [-0.3, -0.25) is 0 Å². The fraction of sp³-hybridized carbons (Fsp3) is 0.108. The van der Waals surface area contributed by atoms with Gasteiger partial charge in [-0.15, -0.1) is 0 Å². The number of carbonyl (C=O) groups excluding carboxylic acids is 1. The summed E-state index contributed by atoms with van der Waals surface area (Å²) in [5, 5.41) is 15.6. The van der Waals surface area contributed by atoms with Gasteiger partial charge in [0.1, 0.15) is 34.4 Å². The predicted molar refractivity (Wildman–Crippen MR) is 194 cm³/mol. The topological polar surface area (TPSA) is 74.2 Å². The van der Waals surface area contributed by atoms with Crippen LogP contribution in [0, 0.1) is 0 Å². The summed E-state index contributed by atoms with van der Waals surface area (Å²) < 4.78 is 25.3. The molecule has 5 aromatic rings. The van der Waals surface area contributed by atoms with Crippen LogP contribution in [0.2, 0.25) is 0 Å². The number of aliphatic hydroxyl groups excluding tert-OH is 1. The van der Waals surface area contributed by atoms with Gasteiger partial charge in [-0.25, -0.2) is 13.8 Å². The molecule has 0 amide bonds. The van der Waals surface area contributed by atoms with Crippen molar-refractivity contribution in [3.8, 4) is 0 Å². The third-order valence-corrected chi connectivity index (χ3v) is 11.7. The summed E-state index contributed by atoms with van der Waals surface area (Å²) in [4.78, 5) is 13.1. The molecule has 1 N–H and O–H groups in total. The summed E-state index contributed by atoms with van der Waals surface area (Å²) in [6, 6.07) is 49.6. The minimum absolute atomic E-state index is 0.0693. The number of halogens is 2. The van der Waals surface area contributed by atoms with Gasteiger partial charge in [-0.1, -0.05) is 103 Å². The molecule has 6 rings (SSSR count). The average Bonchev–Trinajstić information content (AvgIpc) is 3.43. The first-order valence-electron chi connectivity index (χ1n) is 15.0. The molecule has 6 nitrogen and oxygen atoms in total. The monoisotopic (exact) mass is 901 g/mol. The Morgan fingerprint density at radius 3 is 1.50 bits per heavy atom. The van der Waals surface area contributed by atoms with E-state index in [-0.39, 0.29) is 24.7 Å². The Kier molecular flexibility index (Phi) is 14.5. The maximum absolute atomic E-state index is 13.1. The van der Waals surface area contributed by atoms with Crippen LogP contribution in [-0.2, 0) is 46.4 Å². The number of ether oxygens (including phenoxy) is 2. The number of carbonyl (C=O) groups is 1. The third-order valence-electron chi connectivity index (χ3n) is 7.29. The van der Waals surface area contributed by atoms with E-state index in [2.05, 4.69) is 24.3 Å². The Morgan fingerprint density at radius 2 is 1.06 bits per heavy atom. The second-order valence-electron chi connectivity index (χ2n) is 10.4. The van der Waals surface area contributed by atoms with E-state index in [9.17, 15) is 9.90 Å². The Hall–Kier alpha value is -3.04. The fourth-order valence-electron chi connectivity index (χ4n) is 5.07. The van der Waals surface area contributed by atoms with Crippen LogP contribution >= 0.6 is 35.1 Å². The predicted octanol–water partition coefficient (Wildman–Crippen LogP) is 7.24.